The molecule has 2 aromatic rings. The van der Waals surface area contributed by atoms with Crippen LogP contribution >= 0.6 is 11.8 Å². The summed E-state index contributed by atoms with van der Waals surface area (Å²) in [7, 11) is 0. The minimum absolute atomic E-state index is 0.0698. The first kappa shape index (κ1) is 14.5. The maximum atomic E-state index is 11.1. The fraction of sp³-hybridized carbons (Fsp3) is 0. The maximum Gasteiger partial charge on any atom is 0.335 e. The molecule has 7 nitrogen and oxygen atoms in total. The van der Waals surface area contributed by atoms with E-state index in [1.165, 1.54) is 36.5 Å². The van der Waals surface area contributed by atoms with Crippen molar-refractivity contribution >= 4 is 23.4 Å². The first-order valence-electron chi connectivity index (χ1n) is 5.57. The number of carbonyl (C=O) groups is 1. The highest BCUT2D eigenvalue weighted by Gasteiger charge is 2.21. The second kappa shape index (κ2) is 6.02. The first-order chi connectivity index (χ1) is 10.0. The standard InChI is InChI=1S/C13H7N3O4S/c14-7-9-5-6-15-12(11(9)16(19)20)21-10-3-1-8(2-4-10)13(17)18/h1-6H,(H,17,18). The zero-order valence-corrected chi connectivity index (χ0v) is 11.2. The van der Waals surface area contributed by atoms with Gasteiger partial charge in [-0.25, -0.2) is 9.78 Å². The summed E-state index contributed by atoms with van der Waals surface area (Å²) < 4.78 is 0. The number of aromatic carboxylic acids is 1. The van der Waals surface area contributed by atoms with Crippen molar-refractivity contribution in [2.45, 2.75) is 9.92 Å². The molecule has 2 rings (SSSR count). The molecule has 1 aromatic heterocycles. The minimum Gasteiger partial charge on any atom is -0.478 e. The summed E-state index contributed by atoms with van der Waals surface area (Å²) in [6.07, 6.45) is 1.32. The van der Waals surface area contributed by atoms with Gasteiger partial charge in [-0.05, 0) is 30.3 Å². The van der Waals surface area contributed by atoms with E-state index in [1.54, 1.807) is 6.07 Å². The van der Waals surface area contributed by atoms with Crippen LogP contribution in [0.25, 0.3) is 0 Å². The van der Waals surface area contributed by atoms with Crippen molar-refractivity contribution in [2.75, 3.05) is 0 Å². The molecule has 0 saturated carbocycles. The van der Waals surface area contributed by atoms with Crippen LogP contribution < -0.4 is 0 Å². The number of benzene rings is 1. The van der Waals surface area contributed by atoms with Gasteiger partial charge in [0.05, 0.1) is 10.5 Å². The van der Waals surface area contributed by atoms with Crippen LogP contribution in [0.1, 0.15) is 15.9 Å². The number of nitriles is 1. The second-order valence-corrected chi connectivity index (χ2v) is 4.88. The van der Waals surface area contributed by atoms with Gasteiger partial charge in [0.25, 0.3) is 0 Å². The number of carboxylic acid groups (broad SMARTS) is 1. The van der Waals surface area contributed by atoms with Gasteiger partial charge in [0, 0.05) is 11.1 Å². The molecule has 21 heavy (non-hydrogen) atoms. The van der Waals surface area contributed by atoms with Crippen molar-refractivity contribution in [3.8, 4) is 6.07 Å². The predicted molar refractivity (Wildman–Crippen MR) is 73.1 cm³/mol. The molecule has 0 aliphatic rings. The highest BCUT2D eigenvalue weighted by Crippen LogP contribution is 2.34. The number of nitrogens with zero attached hydrogens (tertiary/aromatic N) is 3. The van der Waals surface area contributed by atoms with Crippen molar-refractivity contribution in [1.29, 1.82) is 5.26 Å². The predicted octanol–water partition coefficient (Wildman–Crippen LogP) is 2.71. The van der Waals surface area contributed by atoms with Gasteiger partial charge >= 0.3 is 11.7 Å². The number of hydrogen-bond acceptors (Lipinski definition) is 6. The number of aromatic nitrogens is 1. The minimum atomic E-state index is -1.05. The molecule has 0 atom stereocenters. The van der Waals surface area contributed by atoms with Crippen LogP contribution in [-0.4, -0.2) is 21.0 Å². The van der Waals surface area contributed by atoms with E-state index in [-0.39, 0.29) is 21.8 Å². The lowest BCUT2D eigenvalue weighted by Crippen LogP contribution is -1.97. The number of rotatable bonds is 4. The van der Waals surface area contributed by atoms with Crippen molar-refractivity contribution in [3.05, 3.63) is 57.8 Å². The first-order valence-corrected chi connectivity index (χ1v) is 6.39. The molecular formula is C13H7N3O4S. The molecule has 1 heterocycles. The zero-order chi connectivity index (χ0) is 15.4. The molecule has 1 N–H and O–H groups in total. The molecule has 0 spiro atoms. The van der Waals surface area contributed by atoms with Gasteiger partial charge < -0.3 is 5.11 Å². The quantitative estimate of drug-likeness (QED) is 0.681. The average Bonchev–Trinajstić information content (AvgIpc) is 2.47. The summed E-state index contributed by atoms with van der Waals surface area (Å²) in [5.41, 5.74) is -0.306. The molecule has 0 fully saturated rings. The topological polar surface area (TPSA) is 117 Å². The molecule has 0 bridgehead atoms. The Bertz CT molecular complexity index is 753. The third-order valence-corrected chi connectivity index (χ3v) is 3.51. The van der Waals surface area contributed by atoms with Gasteiger partial charge in [-0.2, -0.15) is 5.26 Å². The Morgan fingerprint density at radius 1 is 1.33 bits per heavy atom. The van der Waals surface area contributed by atoms with Crippen molar-refractivity contribution in [2.24, 2.45) is 0 Å². The summed E-state index contributed by atoms with van der Waals surface area (Å²) >= 11 is 0.996. The lowest BCUT2D eigenvalue weighted by atomic mass is 10.2. The van der Waals surface area contributed by atoms with Gasteiger partial charge in [0.15, 0.2) is 5.03 Å². The molecule has 0 aliphatic heterocycles. The van der Waals surface area contributed by atoms with Crippen LogP contribution in [0, 0.1) is 21.4 Å². The Hall–Kier alpha value is -2.92. The molecule has 0 aliphatic carbocycles. The SMILES string of the molecule is N#Cc1ccnc(Sc2ccc(C(=O)O)cc2)c1[N+](=O)[O-]. The fourth-order valence-corrected chi connectivity index (χ4v) is 2.44. The van der Waals surface area contributed by atoms with Crippen molar-refractivity contribution < 1.29 is 14.8 Å². The molecule has 0 saturated heterocycles. The Labute approximate surface area is 123 Å². The summed E-state index contributed by atoms with van der Waals surface area (Å²) in [4.78, 5) is 25.7. The fourth-order valence-electron chi connectivity index (χ4n) is 1.55. The van der Waals surface area contributed by atoms with E-state index in [1.807, 2.05) is 0 Å². The van der Waals surface area contributed by atoms with Gasteiger partial charge in [0.1, 0.15) is 11.6 Å². The third kappa shape index (κ3) is 3.16. The van der Waals surface area contributed by atoms with Gasteiger partial charge in [0.2, 0.25) is 0 Å². The molecule has 1 aromatic carbocycles. The normalized spacial score (nSPS) is 9.86. The molecular weight excluding hydrogens is 294 g/mol. The summed E-state index contributed by atoms with van der Waals surface area (Å²) in [5.74, 6) is -1.05. The Kier molecular flexibility index (Phi) is 4.15. The Balaban J connectivity index is 2.38. The van der Waals surface area contributed by atoms with E-state index in [9.17, 15) is 14.9 Å². The van der Waals surface area contributed by atoms with E-state index in [4.69, 9.17) is 10.4 Å². The lowest BCUT2D eigenvalue weighted by Gasteiger charge is -2.03. The number of pyridine rings is 1. The highest BCUT2D eigenvalue weighted by molar-refractivity contribution is 7.99. The molecule has 0 radical (unpaired) electrons. The van der Waals surface area contributed by atoms with E-state index in [2.05, 4.69) is 4.98 Å². The van der Waals surface area contributed by atoms with Crippen LogP contribution in [0.4, 0.5) is 5.69 Å². The molecule has 104 valence electrons. The number of hydrogen-bond donors (Lipinski definition) is 1. The molecule has 0 amide bonds. The number of nitro groups is 1. The van der Waals surface area contributed by atoms with Crippen LogP contribution in [0.15, 0.2) is 46.5 Å². The van der Waals surface area contributed by atoms with E-state index < -0.39 is 10.9 Å². The number of carboxylic acids is 1. The summed E-state index contributed by atoms with van der Waals surface area (Å²) in [5, 5.41) is 28.8. The zero-order valence-electron chi connectivity index (χ0n) is 10.4. The van der Waals surface area contributed by atoms with Crippen LogP contribution in [0.3, 0.4) is 0 Å². The summed E-state index contributed by atoms with van der Waals surface area (Å²) in [6, 6.07) is 8.87. The van der Waals surface area contributed by atoms with E-state index >= 15 is 0 Å². The van der Waals surface area contributed by atoms with Crippen molar-refractivity contribution in [1.82, 2.24) is 4.98 Å². The van der Waals surface area contributed by atoms with Gasteiger partial charge in [-0.3, -0.25) is 10.1 Å². The maximum absolute atomic E-state index is 11.1. The van der Waals surface area contributed by atoms with Crippen molar-refractivity contribution in [3.63, 3.8) is 0 Å². The largest absolute Gasteiger partial charge is 0.478 e. The van der Waals surface area contributed by atoms with E-state index in [0.29, 0.717) is 4.90 Å². The lowest BCUT2D eigenvalue weighted by molar-refractivity contribution is -0.388. The third-order valence-electron chi connectivity index (χ3n) is 2.51. The monoisotopic (exact) mass is 301 g/mol. The second-order valence-electron chi connectivity index (χ2n) is 3.81. The molecule has 0 unspecified atom stereocenters. The van der Waals surface area contributed by atoms with Crippen LogP contribution in [0.2, 0.25) is 0 Å². The Morgan fingerprint density at radius 2 is 2.00 bits per heavy atom. The average molecular weight is 301 g/mol. The van der Waals surface area contributed by atoms with Gasteiger partial charge in [-0.15, -0.1) is 0 Å². The van der Waals surface area contributed by atoms with Crippen LogP contribution in [0.5, 0.6) is 0 Å². The highest BCUT2D eigenvalue weighted by atomic mass is 32.2. The molecule has 8 heteroatoms. The smallest absolute Gasteiger partial charge is 0.335 e. The van der Waals surface area contributed by atoms with Crippen LogP contribution in [-0.2, 0) is 0 Å². The van der Waals surface area contributed by atoms with Gasteiger partial charge in [-0.1, -0.05) is 11.8 Å². The Morgan fingerprint density at radius 3 is 2.52 bits per heavy atom. The summed E-state index contributed by atoms with van der Waals surface area (Å²) in [6.45, 7) is 0. The van der Waals surface area contributed by atoms with E-state index in [0.717, 1.165) is 11.8 Å².